The van der Waals surface area contributed by atoms with Crippen molar-refractivity contribution < 1.29 is 22.3 Å². The summed E-state index contributed by atoms with van der Waals surface area (Å²) in [4.78, 5) is 4.11. The summed E-state index contributed by atoms with van der Waals surface area (Å²) in [5.41, 5.74) is -0.398. The number of aromatic nitrogens is 1. The van der Waals surface area contributed by atoms with Crippen LogP contribution in [0, 0.1) is 11.7 Å². The topological polar surface area (TPSA) is 83.6 Å². The van der Waals surface area contributed by atoms with E-state index < -0.39 is 27.5 Å². The van der Waals surface area contributed by atoms with Crippen molar-refractivity contribution >= 4 is 21.6 Å². The standard InChI is InChI=1S/C25H28ClFN2O4S/c1-25(2,30)21-5-3-4-6-23(21)29(34(31,32)20-11-9-19(26)10-12-20)16-18-8-7-17(15-22(18)27)24-28-13-14-33-24/h7-15,21,23,30H,3-6,16H2,1-2H3. The Kier molecular flexibility index (Phi) is 7.14. The minimum atomic E-state index is -4.01. The molecule has 1 aliphatic carbocycles. The highest BCUT2D eigenvalue weighted by Crippen LogP contribution is 2.39. The first kappa shape index (κ1) is 24.9. The fourth-order valence-corrected chi connectivity index (χ4v) is 6.54. The van der Waals surface area contributed by atoms with E-state index in [9.17, 15) is 13.5 Å². The van der Waals surface area contributed by atoms with E-state index in [0.29, 0.717) is 23.4 Å². The lowest BCUT2D eigenvalue weighted by Crippen LogP contribution is -2.52. The van der Waals surface area contributed by atoms with Crippen LogP contribution in [0.4, 0.5) is 4.39 Å². The Balaban J connectivity index is 1.76. The van der Waals surface area contributed by atoms with Crippen LogP contribution in [0.15, 0.2) is 64.2 Å². The molecule has 1 aliphatic rings. The van der Waals surface area contributed by atoms with E-state index in [4.69, 9.17) is 16.0 Å². The Bertz CT molecular complexity index is 1220. The fraction of sp³-hybridized carbons (Fsp3) is 0.400. The smallest absolute Gasteiger partial charge is 0.243 e. The van der Waals surface area contributed by atoms with Crippen LogP contribution in [-0.4, -0.2) is 34.5 Å². The van der Waals surface area contributed by atoms with Gasteiger partial charge in [0, 0.05) is 34.7 Å². The number of hydrogen-bond donors (Lipinski definition) is 1. The van der Waals surface area contributed by atoms with Crippen molar-refractivity contribution in [2.45, 2.75) is 62.6 Å². The molecule has 0 saturated heterocycles. The third kappa shape index (κ3) is 5.20. The maximum Gasteiger partial charge on any atom is 0.243 e. The average Bonchev–Trinajstić information content (AvgIpc) is 3.33. The summed E-state index contributed by atoms with van der Waals surface area (Å²) in [5, 5.41) is 11.3. The van der Waals surface area contributed by atoms with Gasteiger partial charge in [0.2, 0.25) is 15.9 Å². The zero-order valence-electron chi connectivity index (χ0n) is 19.1. The Labute approximate surface area is 204 Å². The third-order valence-corrected chi connectivity index (χ3v) is 8.62. The first-order chi connectivity index (χ1) is 16.1. The lowest BCUT2D eigenvalue weighted by molar-refractivity contribution is -0.0312. The zero-order chi connectivity index (χ0) is 24.5. The Morgan fingerprint density at radius 1 is 1.18 bits per heavy atom. The van der Waals surface area contributed by atoms with Gasteiger partial charge in [-0.2, -0.15) is 4.31 Å². The van der Waals surface area contributed by atoms with E-state index in [1.807, 2.05) is 0 Å². The van der Waals surface area contributed by atoms with Crippen molar-refractivity contribution in [3.8, 4) is 11.5 Å². The molecule has 1 saturated carbocycles. The summed E-state index contributed by atoms with van der Waals surface area (Å²) in [6.45, 7) is 3.24. The molecule has 0 aliphatic heterocycles. The maximum absolute atomic E-state index is 15.2. The summed E-state index contributed by atoms with van der Waals surface area (Å²) in [6, 6.07) is 9.97. The molecular formula is C25H28ClFN2O4S. The van der Waals surface area contributed by atoms with Gasteiger partial charge in [-0.25, -0.2) is 17.8 Å². The van der Waals surface area contributed by atoms with E-state index in [2.05, 4.69) is 4.98 Å². The summed E-state index contributed by atoms with van der Waals surface area (Å²) < 4.78 is 49.5. The molecular weight excluding hydrogens is 479 g/mol. The Morgan fingerprint density at radius 3 is 2.50 bits per heavy atom. The highest BCUT2D eigenvalue weighted by Gasteiger charge is 2.43. The van der Waals surface area contributed by atoms with Gasteiger partial charge in [0.1, 0.15) is 12.1 Å². The van der Waals surface area contributed by atoms with Gasteiger partial charge in [-0.15, -0.1) is 0 Å². The SMILES string of the molecule is CC(C)(O)C1CCCCC1N(Cc1ccc(-c2ncco2)cc1F)S(=O)(=O)c1ccc(Cl)cc1. The van der Waals surface area contributed by atoms with E-state index in [0.717, 1.165) is 12.8 Å². The molecule has 2 atom stereocenters. The molecule has 1 aromatic heterocycles. The van der Waals surface area contributed by atoms with Gasteiger partial charge in [0.25, 0.3) is 0 Å². The van der Waals surface area contributed by atoms with Crippen LogP contribution < -0.4 is 0 Å². The Morgan fingerprint density at radius 2 is 1.88 bits per heavy atom. The van der Waals surface area contributed by atoms with Crippen molar-refractivity contribution in [3.63, 3.8) is 0 Å². The predicted octanol–water partition coefficient (Wildman–Crippen LogP) is 5.65. The number of halogens is 2. The zero-order valence-corrected chi connectivity index (χ0v) is 20.7. The molecule has 2 unspecified atom stereocenters. The minimum Gasteiger partial charge on any atom is -0.445 e. The number of sulfonamides is 1. The summed E-state index contributed by atoms with van der Waals surface area (Å²) >= 11 is 5.98. The molecule has 3 aromatic rings. The first-order valence-electron chi connectivity index (χ1n) is 11.3. The van der Waals surface area contributed by atoms with Gasteiger partial charge < -0.3 is 9.52 Å². The van der Waals surface area contributed by atoms with Gasteiger partial charge in [0.05, 0.1) is 16.7 Å². The van der Waals surface area contributed by atoms with Crippen LogP contribution >= 0.6 is 11.6 Å². The van der Waals surface area contributed by atoms with Crippen molar-refractivity contribution in [2.75, 3.05) is 0 Å². The Hall–Kier alpha value is -2.26. The highest BCUT2D eigenvalue weighted by atomic mass is 35.5. The molecule has 1 heterocycles. The average molecular weight is 507 g/mol. The lowest BCUT2D eigenvalue weighted by atomic mass is 9.75. The number of nitrogens with zero attached hydrogens (tertiary/aromatic N) is 2. The van der Waals surface area contributed by atoms with Gasteiger partial charge >= 0.3 is 0 Å². The number of hydrogen-bond acceptors (Lipinski definition) is 5. The normalized spacial score (nSPS) is 19.5. The van der Waals surface area contributed by atoms with E-state index in [-0.39, 0.29) is 28.8 Å². The lowest BCUT2D eigenvalue weighted by Gasteiger charge is -2.44. The molecule has 1 fully saturated rings. The van der Waals surface area contributed by atoms with Crippen LogP contribution in [-0.2, 0) is 16.6 Å². The third-order valence-electron chi connectivity index (χ3n) is 6.49. The number of aliphatic hydroxyl groups is 1. The second-order valence-electron chi connectivity index (χ2n) is 9.26. The molecule has 34 heavy (non-hydrogen) atoms. The fourth-order valence-electron chi connectivity index (χ4n) is 4.74. The highest BCUT2D eigenvalue weighted by molar-refractivity contribution is 7.89. The predicted molar refractivity (Wildman–Crippen MR) is 128 cm³/mol. The van der Waals surface area contributed by atoms with E-state index in [1.165, 1.54) is 47.1 Å². The summed E-state index contributed by atoms with van der Waals surface area (Å²) in [7, 11) is -4.01. The minimum absolute atomic E-state index is 0.0776. The summed E-state index contributed by atoms with van der Waals surface area (Å²) in [6.07, 6.45) is 5.88. The molecule has 9 heteroatoms. The molecule has 4 rings (SSSR count). The second-order valence-corrected chi connectivity index (χ2v) is 11.6. The van der Waals surface area contributed by atoms with Crippen molar-refractivity contribution in [1.82, 2.24) is 9.29 Å². The molecule has 0 amide bonds. The van der Waals surface area contributed by atoms with Crippen LogP contribution in [0.3, 0.4) is 0 Å². The number of benzene rings is 2. The second kappa shape index (κ2) is 9.77. The molecule has 0 spiro atoms. The quantitative estimate of drug-likeness (QED) is 0.447. The molecule has 182 valence electrons. The summed E-state index contributed by atoms with van der Waals surface area (Å²) in [5.74, 6) is -0.564. The van der Waals surface area contributed by atoms with Crippen LogP contribution in [0.5, 0.6) is 0 Å². The van der Waals surface area contributed by atoms with Crippen LogP contribution in [0.2, 0.25) is 5.02 Å². The van der Waals surface area contributed by atoms with Gasteiger partial charge in [0.15, 0.2) is 0 Å². The molecule has 6 nitrogen and oxygen atoms in total. The number of oxazole rings is 1. The van der Waals surface area contributed by atoms with Crippen molar-refractivity contribution in [2.24, 2.45) is 5.92 Å². The number of rotatable bonds is 7. The van der Waals surface area contributed by atoms with Gasteiger partial charge in [-0.3, -0.25) is 0 Å². The molecule has 2 aromatic carbocycles. The van der Waals surface area contributed by atoms with E-state index in [1.54, 1.807) is 26.0 Å². The largest absolute Gasteiger partial charge is 0.445 e. The van der Waals surface area contributed by atoms with Crippen LogP contribution in [0.25, 0.3) is 11.5 Å². The first-order valence-corrected chi connectivity index (χ1v) is 13.1. The van der Waals surface area contributed by atoms with Crippen molar-refractivity contribution in [3.05, 3.63) is 71.3 Å². The van der Waals surface area contributed by atoms with Crippen molar-refractivity contribution in [1.29, 1.82) is 0 Å². The molecule has 0 bridgehead atoms. The van der Waals surface area contributed by atoms with Gasteiger partial charge in [-0.05, 0) is 63.1 Å². The van der Waals surface area contributed by atoms with E-state index >= 15 is 4.39 Å². The van der Waals surface area contributed by atoms with Crippen LogP contribution in [0.1, 0.15) is 45.1 Å². The maximum atomic E-state index is 15.2. The molecule has 1 N–H and O–H groups in total. The molecule has 0 radical (unpaired) electrons. The van der Waals surface area contributed by atoms with Gasteiger partial charge in [-0.1, -0.05) is 30.5 Å². The monoisotopic (exact) mass is 506 g/mol.